The van der Waals surface area contributed by atoms with E-state index in [0.29, 0.717) is 0 Å². The van der Waals surface area contributed by atoms with E-state index in [9.17, 15) is 48.3 Å². The molecule has 114 valence electrons. The molecule has 0 saturated heterocycles. The van der Waals surface area contributed by atoms with Crippen molar-refractivity contribution >= 4 is 0 Å². The highest BCUT2D eigenvalue weighted by molar-refractivity contribution is 5.11. The third kappa shape index (κ3) is 5.96. The first-order valence-corrected chi connectivity index (χ1v) is 4.00. The Bertz CT molecular complexity index is 330. The van der Waals surface area contributed by atoms with Gasteiger partial charge in [-0.3, -0.25) is 0 Å². The summed E-state index contributed by atoms with van der Waals surface area (Å²) in [5, 5.41) is 0. The molecule has 0 fully saturated rings. The van der Waals surface area contributed by atoms with Gasteiger partial charge in [0.1, 0.15) is 0 Å². The zero-order valence-electron chi connectivity index (χ0n) is 8.35. The second-order valence-corrected chi connectivity index (χ2v) is 3.03. The molecule has 19 heavy (non-hydrogen) atoms. The summed E-state index contributed by atoms with van der Waals surface area (Å²) in [4.78, 5) is 0. The Morgan fingerprint density at radius 2 is 1.21 bits per heavy atom. The van der Waals surface area contributed by atoms with Gasteiger partial charge in [-0.15, -0.1) is 0 Å². The van der Waals surface area contributed by atoms with Crippen LogP contribution in [0.15, 0.2) is 11.8 Å². The molecule has 0 aromatic heterocycles. The van der Waals surface area contributed by atoms with E-state index in [-0.39, 0.29) is 0 Å². The number of ether oxygens (including phenoxy) is 1. The molecule has 0 spiro atoms. The number of halogens is 11. The lowest BCUT2D eigenvalue weighted by Crippen LogP contribution is -2.40. The van der Waals surface area contributed by atoms with Crippen molar-refractivity contribution in [2.45, 2.75) is 24.5 Å². The number of rotatable bonds is 3. The van der Waals surface area contributed by atoms with Crippen LogP contribution in [0.4, 0.5) is 48.3 Å². The molecule has 0 atom stereocenters. The summed E-state index contributed by atoms with van der Waals surface area (Å²) in [5.74, 6) is -9.38. The molecule has 0 aromatic carbocycles. The summed E-state index contributed by atoms with van der Waals surface area (Å²) in [6, 6.07) is 0. The predicted molar refractivity (Wildman–Crippen MR) is 37.1 cm³/mol. The summed E-state index contributed by atoms with van der Waals surface area (Å²) in [7, 11) is 0. The van der Waals surface area contributed by atoms with Crippen LogP contribution in [-0.4, -0.2) is 31.1 Å². The molecule has 0 bridgehead atoms. The van der Waals surface area contributed by atoms with Crippen molar-refractivity contribution in [3.63, 3.8) is 0 Å². The van der Waals surface area contributed by atoms with Crippen LogP contribution in [0.3, 0.4) is 0 Å². The average molecular weight is 312 g/mol. The van der Waals surface area contributed by atoms with Crippen LogP contribution in [0.1, 0.15) is 0 Å². The van der Waals surface area contributed by atoms with Gasteiger partial charge in [0.15, 0.2) is 12.4 Å². The van der Waals surface area contributed by atoms with Gasteiger partial charge < -0.3 is 4.74 Å². The fraction of sp³-hybridized carbons (Fsp3) is 0.714. The first kappa shape index (κ1) is 17.8. The van der Waals surface area contributed by atoms with Crippen LogP contribution >= 0.6 is 0 Å². The average Bonchev–Trinajstić information content (AvgIpc) is 2.06. The van der Waals surface area contributed by atoms with E-state index in [1.807, 2.05) is 0 Å². The molecular formula is C7H3F11O. The first-order valence-electron chi connectivity index (χ1n) is 4.00. The lowest BCUT2D eigenvalue weighted by Gasteiger charge is -2.23. The Hall–Kier alpha value is -1.23. The van der Waals surface area contributed by atoms with Crippen molar-refractivity contribution in [1.82, 2.24) is 0 Å². The van der Waals surface area contributed by atoms with Gasteiger partial charge in [-0.05, 0) is 0 Å². The van der Waals surface area contributed by atoms with Crippen LogP contribution in [0, 0.1) is 0 Å². The van der Waals surface area contributed by atoms with Gasteiger partial charge in [0.05, 0.1) is 6.08 Å². The third-order valence-electron chi connectivity index (χ3n) is 1.35. The second-order valence-electron chi connectivity index (χ2n) is 3.03. The quantitative estimate of drug-likeness (QED) is 0.560. The first-order chi connectivity index (χ1) is 8.06. The zero-order chi connectivity index (χ0) is 15.7. The molecular weight excluding hydrogens is 309 g/mol. The third-order valence-corrected chi connectivity index (χ3v) is 1.35. The van der Waals surface area contributed by atoms with E-state index in [4.69, 9.17) is 0 Å². The predicted octanol–water partition coefficient (Wildman–Crippen LogP) is 4.21. The maximum atomic E-state index is 12.5. The molecule has 0 aromatic rings. The monoisotopic (exact) mass is 312 g/mol. The molecule has 0 heterocycles. The van der Waals surface area contributed by atoms with Gasteiger partial charge in [0.25, 0.3) is 0 Å². The number of allylic oxidation sites excluding steroid dienone is 2. The highest BCUT2D eigenvalue weighted by Gasteiger charge is 2.62. The van der Waals surface area contributed by atoms with Gasteiger partial charge in [-0.1, -0.05) is 0 Å². The molecule has 12 heteroatoms. The minimum absolute atomic E-state index is 1.67. The van der Waals surface area contributed by atoms with Crippen molar-refractivity contribution in [2.75, 3.05) is 6.61 Å². The van der Waals surface area contributed by atoms with Gasteiger partial charge in [-0.25, -0.2) is 0 Å². The van der Waals surface area contributed by atoms with Crippen molar-refractivity contribution in [2.24, 2.45) is 0 Å². The van der Waals surface area contributed by atoms with Crippen LogP contribution in [0.5, 0.6) is 0 Å². The van der Waals surface area contributed by atoms with Crippen molar-refractivity contribution in [3.8, 4) is 0 Å². The Morgan fingerprint density at radius 1 is 0.789 bits per heavy atom. The Morgan fingerprint density at radius 3 is 1.47 bits per heavy atom. The van der Waals surface area contributed by atoms with E-state index in [2.05, 4.69) is 4.74 Å². The highest BCUT2D eigenvalue weighted by atomic mass is 19.4. The Balaban J connectivity index is 5.38. The number of alkyl halides is 11. The standard InChI is InChI=1S/C7H3F11O/c8-4(9,10)1-3(19-2-5(11,12)13)6(14,15)7(16,17)18/h1H,2H2. The second kappa shape index (κ2) is 5.04. The summed E-state index contributed by atoms with van der Waals surface area (Å²) >= 11 is 0. The number of hydrogen-bond donors (Lipinski definition) is 0. The molecule has 1 nitrogen and oxygen atoms in total. The fourth-order valence-electron chi connectivity index (χ4n) is 0.671. The minimum Gasteiger partial charge on any atom is -0.482 e. The molecule has 0 radical (unpaired) electrons. The van der Waals surface area contributed by atoms with E-state index < -0.39 is 42.9 Å². The smallest absolute Gasteiger partial charge is 0.461 e. The van der Waals surface area contributed by atoms with E-state index >= 15 is 0 Å². The van der Waals surface area contributed by atoms with Crippen LogP contribution in [-0.2, 0) is 4.74 Å². The molecule has 0 aliphatic carbocycles. The highest BCUT2D eigenvalue weighted by Crippen LogP contribution is 2.43. The fourth-order valence-corrected chi connectivity index (χ4v) is 0.671. The molecule has 0 N–H and O–H groups in total. The maximum absolute atomic E-state index is 12.5. The Labute approximate surface area is 97.2 Å². The molecule has 0 aliphatic heterocycles. The van der Waals surface area contributed by atoms with Crippen molar-refractivity contribution in [3.05, 3.63) is 11.8 Å². The molecule has 0 aliphatic rings. The van der Waals surface area contributed by atoms with Crippen LogP contribution in [0.25, 0.3) is 0 Å². The molecule has 0 amide bonds. The van der Waals surface area contributed by atoms with Crippen LogP contribution < -0.4 is 0 Å². The topological polar surface area (TPSA) is 9.23 Å². The van der Waals surface area contributed by atoms with Gasteiger partial charge >= 0.3 is 24.5 Å². The SMILES string of the molecule is FC(F)(F)C=C(OCC(F)(F)F)C(F)(F)C(F)(F)F. The normalized spacial score (nSPS) is 15.6. The summed E-state index contributed by atoms with van der Waals surface area (Å²) < 4.78 is 133. The molecule has 0 rings (SSSR count). The molecule has 0 unspecified atom stereocenters. The largest absolute Gasteiger partial charge is 0.482 e. The maximum Gasteiger partial charge on any atom is 0.461 e. The van der Waals surface area contributed by atoms with Crippen LogP contribution in [0.2, 0.25) is 0 Å². The van der Waals surface area contributed by atoms with E-state index in [1.165, 1.54) is 0 Å². The lowest BCUT2D eigenvalue weighted by atomic mass is 10.2. The number of hydrogen-bond acceptors (Lipinski definition) is 1. The zero-order valence-corrected chi connectivity index (χ0v) is 8.35. The lowest BCUT2D eigenvalue weighted by molar-refractivity contribution is -0.283. The van der Waals surface area contributed by atoms with Crippen molar-refractivity contribution in [1.29, 1.82) is 0 Å². The Kier molecular flexibility index (Phi) is 4.71. The van der Waals surface area contributed by atoms with E-state index in [1.54, 1.807) is 0 Å². The van der Waals surface area contributed by atoms with Crippen molar-refractivity contribution < 1.29 is 53.0 Å². The minimum atomic E-state index is -6.53. The summed E-state index contributed by atoms with van der Waals surface area (Å²) in [5.41, 5.74) is 0. The van der Waals surface area contributed by atoms with Gasteiger partial charge in [-0.2, -0.15) is 48.3 Å². The van der Waals surface area contributed by atoms with Gasteiger partial charge in [0, 0.05) is 0 Å². The van der Waals surface area contributed by atoms with Gasteiger partial charge in [0.2, 0.25) is 0 Å². The van der Waals surface area contributed by atoms with E-state index in [0.717, 1.165) is 0 Å². The summed E-state index contributed by atoms with van der Waals surface area (Å²) in [6.45, 7) is -2.72. The molecule has 0 saturated carbocycles. The summed E-state index contributed by atoms with van der Waals surface area (Å²) in [6.07, 6.45) is -19.3.